The Labute approximate surface area is 108 Å². The van der Waals surface area contributed by atoms with Crippen LogP contribution in [0.25, 0.3) is 0 Å². The van der Waals surface area contributed by atoms with E-state index in [1.807, 2.05) is 27.0 Å². The maximum atomic E-state index is 9.88. The molecule has 0 fully saturated rings. The molecule has 1 unspecified atom stereocenters. The number of nitrogens with one attached hydrogen (secondary N) is 1. The number of hydrogen-bond donors (Lipinski definition) is 2. The third-order valence-corrected chi connectivity index (χ3v) is 4.00. The van der Waals surface area contributed by atoms with E-state index >= 15 is 0 Å². The summed E-state index contributed by atoms with van der Waals surface area (Å²) in [5, 5.41) is 14.3. The molecule has 0 aliphatic rings. The summed E-state index contributed by atoms with van der Waals surface area (Å²) in [6, 6.07) is 0. The minimum absolute atomic E-state index is 0.0657. The van der Waals surface area contributed by atoms with E-state index in [4.69, 9.17) is 0 Å². The number of nitrogens with zero attached hydrogens (tertiary/aromatic N) is 1. The second-order valence-corrected chi connectivity index (χ2v) is 6.98. The lowest BCUT2D eigenvalue weighted by Gasteiger charge is -2.25. The molecule has 1 aromatic rings. The van der Waals surface area contributed by atoms with Gasteiger partial charge in [0.25, 0.3) is 0 Å². The number of thiazole rings is 1. The molecule has 0 saturated heterocycles. The first kappa shape index (κ1) is 14.6. The monoisotopic (exact) mass is 256 g/mol. The molecule has 2 N–H and O–H groups in total. The second kappa shape index (κ2) is 5.94. The molecular formula is C13H24N2OS. The Morgan fingerprint density at radius 2 is 2.06 bits per heavy atom. The highest BCUT2D eigenvalue weighted by Crippen LogP contribution is 2.21. The van der Waals surface area contributed by atoms with Crippen LogP contribution in [-0.2, 0) is 6.54 Å². The van der Waals surface area contributed by atoms with E-state index in [1.165, 1.54) is 9.88 Å². The predicted molar refractivity (Wildman–Crippen MR) is 73.4 cm³/mol. The van der Waals surface area contributed by atoms with Gasteiger partial charge in [-0.2, -0.15) is 0 Å². The van der Waals surface area contributed by atoms with Crippen LogP contribution in [-0.4, -0.2) is 22.7 Å². The molecule has 0 radical (unpaired) electrons. The van der Waals surface area contributed by atoms with Crippen molar-refractivity contribution in [2.75, 3.05) is 6.54 Å². The van der Waals surface area contributed by atoms with E-state index in [0.717, 1.165) is 6.54 Å². The molecule has 1 heterocycles. The van der Waals surface area contributed by atoms with Crippen molar-refractivity contribution in [2.45, 2.75) is 53.2 Å². The van der Waals surface area contributed by atoms with Crippen LogP contribution in [0.1, 0.15) is 50.4 Å². The molecule has 1 atom stereocenters. The van der Waals surface area contributed by atoms with Crippen molar-refractivity contribution in [1.82, 2.24) is 10.3 Å². The van der Waals surface area contributed by atoms with Crippen molar-refractivity contribution in [3.63, 3.8) is 0 Å². The summed E-state index contributed by atoms with van der Waals surface area (Å²) in [4.78, 5) is 5.61. The summed E-state index contributed by atoms with van der Waals surface area (Å²) >= 11 is 1.74. The lowest BCUT2D eigenvalue weighted by Crippen LogP contribution is -2.36. The molecule has 1 rings (SSSR count). The summed E-state index contributed by atoms with van der Waals surface area (Å²) in [6.45, 7) is 11.9. The fraction of sp³-hybridized carbons (Fsp3) is 0.769. The summed E-state index contributed by atoms with van der Waals surface area (Å²) in [7, 11) is 0. The Bertz CT molecular complexity index is 341. The molecule has 1 aromatic heterocycles. The van der Waals surface area contributed by atoms with Gasteiger partial charge in [-0.1, -0.05) is 34.6 Å². The van der Waals surface area contributed by atoms with E-state index in [2.05, 4.69) is 24.1 Å². The first-order chi connectivity index (χ1) is 7.80. The standard InChI is InChI=1S/C13H24N2OS/c1-9(2)12-15-7-10(17-12)6-14-8-11(16)13(3,4)5/h7,9,11,14,16H,6,8H2,1-5H3. The molecule has 0 bridgehead atoms. The smallest absolute Gasteiger partial charge is 0.0953 e. The quantitative estimate of drug-likeness (QED) is 0.851. The van der Waals surface area contributed by atoms with Gasteiger partial charge >= 0.3 is 0 Å². The van der Waals surface area contributed by atoms with Crippen molar-refractivity contribution < 1.29 is 5.11 Å². The zero-order valence-electron chi connectivity index (χ0n) is 11.4. The Morgan fingerprint density at radius 1 is 1.41 bits per heavy atom. The van der Waals surface area contributed by atoms with Gasteiger partial charge in [0, 0.05) is 30.1 Å². The number of hydrogen-bond acceptors (Lipinski definition) is 4. The first-order valence-corrected chi connectivity index (χ1v) is 6.95. The van der Waals surface area contributed by atoms with Gasteiger partial charge in [-0.3, -0.25) is 0 Å². The molecule has 3 nitrogen and oxygen atoms in total. The zero-order chi connectivity index (χ0) is 13.1. The van der Waals surface area contributed by atoms with Crippen molar-refractivity contribution in [3.05, 3.63) is 16.1 Å². The fourth-order valence-electron chi connectivity index (χ4n) is 1.31. The number of aromatic nitrogens is 1. The molecule has 0 aliphatic carbocycles. The highest BCUT2D eigenvalue weighted by atomic mass is 32.1. The van der Waals surface area contributed by atoms with E-state index in [9.17, 15) is 5.11 Å². The molecule has 0 aliphatic heterocycles. The fourth-order valence-corrected chi connectivity index (χ4v) is 2.20. The molecule has 0 saturated carbocycles. The van der Waals surface area contributed by atoms with Crippen LogP contribution < -0.4 is 5.32 Å². The molecule has 0 aromatic carbocycles. The van der Waals surface area contributed by atoms with Crippen LogP contribution in [0.3, 0.4) is 0 Å². The first-order valence-electron chi connectivity index (χ1n) is 6.14. The van der Waals surface area contributed by atoms with Gasteiger partial charge in [-0.25, -0.2) is 4.98 Å². The molecule has 4 heteroatoms. The Morgan fingerprint density at radius 3 is 2.53 bits per heavy atom. The van der Waals surface area contributed by atoms with Gasteiger partial charge in [-0.15, -0.1) is 11.3 Å². The van der Waals surface area contributed by atoms with Crippen molar-refractivity contribution in [2.24, 2.45) is 5.41 Å². The molecule has 98 valence electrons. The average Bonchev–Trinajstić information content (AvgIpc) is 2.64. The van der Waals surface area contributed by atoms with E-state index in [1.54, 1.807) is 11.3 Å². The molecule has 0 amide bonds. The van der Waals surface area contributed by atoms with Gasteiger partial charge in [0.1, 0.15) is 0 Å². The van der Waals surface area contributed by atoms with E-state index in [0.29, 0.717) is 12.5 Å². The number of aliphatic hydroxyl groups is 1. The Hall–Kier alpha value is -0.450. The highest BCUT2D eigenvalue weighted by molar-refractivity contribution is 7.11. The number of rotatable bonds is 5. The van der Waals surface area contributed by atoms with E-state index in [-0.39, 0.29) is 11.5 Å². The maximum absolute atomic E-state index is 9.88. The van der Waals surface area contributed by atoms with Crippen LogP contribution in [0.15, 0.2) is 6.20 Å². The third kappa shape index (κ3) is 4.74. The van der Waals surface area contributed by atoms with Crippen LogP contribution in [0.5, 0.6) is 0 Å². The van der Waals surface area contributed by atoms with Crippen LogP contribution in [0.2, 0.25) is 0 Å². The zero-order valence-corrected chi connectivity index (χ0v) is 12.3. The van der Waals surface area contributed by atoms with E-state index < -0.39 is 0 Å². The third-order valence-electron chi connectivity index (χ3n) is 2.70. The second-order valence-electron chi connectivity index (χ2n) is 5.83. The van der Waals surface area contributed by atoms with Crippen molar-refractivity contribution >= 4 is 11.3 Å². The average molecular weight is 256 g/mol. The van der Waals surface area contributed by atoms with Crippen molar-refractivity contribution in [3.8, 4) is 0 Å². The Kier molecular flexibility index (Phi) is 5.10. The minimum atomic E-state index is -0.319. The molecular weight excluding hydrogens is 232 g/mol. The lowest BCUT2D eigenvalue weighted by atomic mass is 9.89. The van der Waals surface area contributed by atoms with Gasteiger partial charge < -0.3 is 10.4 Å². The largest absolute Gasteiger partial charge is 0.391 e. The maximum Gasteiger partial charge on any atom is 0.0953 e. The molecule has 17 heavy (non-hydrogen) atoms. The SMILES string of the molecule is CC(C)c1ncc(CNCC(O)C(C)(C)C)s1. The predicted octanol–water partition coefficient (Wildman–Crippen LogP) is 2.76. The normalized spacial score (nSPS) is 14.3. The summed E-state index contributed by atoms with van der Waals surface area (Å²) in [5.74, 6) is 0.494. The van der Waals surface area contributed by atoms with Gasteiger partial charge in [0.15, 0.2) is 0 Å². The van der Waals surface area contributed by atoms with Gasteiger partial charge in [-0.05, 0) is 5.41 Å². The van der Waals surface area contributed by atoms with Crippen LogP contribution >= 0.6 is 11.3 Å². The van der Waals surface area contributed by atoms with Crippen LogP contribution in [0, 0.1) is 5.41 Å². The summed E-state index contributed by atoms with van der Waals surface area (Å²) < 4.78 is 0. The topological polar surface area (TPSA) is 45.2 Å². The van der Waals surface area contributed by atoms with Crippen LogP contribution in [0.4, 0.5) is 0 Å². The summed E-state index contributed by atoms with van der Waals surface area (Å²) in [6.07, 6.45) is 1.61. The van der Waals surface area contributed by atoms with Gasteiger partial charge in [0.2, 0.25) is 0 Å². The number of aliphatic hydroxyl groups excluding tert-OH is 1. The molecule has 0 spiro atoms. The minimum Gasteiger partial charge on any atom is -0.391 e. The highest BCUT2D eigenvalue weighted by Gasteiger charge is 2.21. The summed E-state index contributed by atoms with van der Waals surface area (Å²) in [5.41, 5.74) is -0.0657. The Balaban J connectivity index is 2.36. The van der Waals surface area contributed by atoms with Gasteiger partial charge in [0.05, 0.1) is 11.1 Å². The van der Waals surface area contributed by atoms with Crippen molar-refractivity contribution in [1.29, 1.82) is 0 Å². The lowest BCUT2D eigenvalue weighted by molar-refractivity contribution is 0.0628.